The third-order valence-electron chi connectivity index (χ3n) is 7.92. The summed E-state index contributed by atoms with van der Waals surface area (Å²) >= 11 is 6.75. The average Bonchev–Trinajstić information content (AvgIpc) is 3.27. The lowest BCUT2D eigenvalue weighted by Gasteiger charge is -2.32. The minimum Gasteiger partial charge on any atom is -0.506 e. The molecule has 0 amide bonds. The molecule has 0 saturated carbocycles. The topological polar surface area (TPSA) is 75.0 Å². The SMILES string of the molecule is CC1(C)OB(c2ccc(-n3nc4ccc(B5OC(C)(C)C(C)(C)O5)cc4c3Cl)c(O)c2)OC1(C)C. The van der Waals surface area contributed by atoms with Crippen LogP contribution in [0.2, 0.25) is 5.15 Å². The normalized spacial score (nSPS) is 22.3. The van der Waals surface area contributed by atoms with Gasteiger partial charge in [-0.3, -0.25) is 0 Å². The van der Waals surface area contributed by atoms with Crippen molar-refractivity contribution in [1.82, 2.24) is 9.78 Å². The van der Waals surface area contributed by atoms with Crippen molar-refractivity contribution < 1.29 is 23.7 Å². The van der Waals surface area contributed by atoms with Crippen LogP contribution in [0.15, 0.2) is 36.4 Å². The third kappa shape index (κ3) is 3.89. The van der Waals surface area contributed by atoms with E-state index in [0.717, 1.165) is 16.3 Å². The van der Waals surface area contributed by atoms with Crippen LogP contribution in [0.25, 0.3) is 16.6 Å². The van der Waals surface area contributed by atoms with E-state index in [1.807, 2.05) is 79.7 Å². The maximum absolute atomic E-state index is 10.9. The number of phenols is 1. The highest BCUT2D eigenvalue weighted by atomic mass is 35.5. The first kappa shape index (κ1) is 24.7. The van der Waals surface area contributed by atoms with Crippen LogP contribution < -0.4 is 10.9 Å². The average molecular weight is 497 g/mol. The number of hydrogen-bond acceptors (Lipinski definition) is 6. The van der Waals surface area contributed by atoms with Crippen LogP contribution >= 0.6 is 11.6 Å². The maximum atomic E-state index is 10.9. The summed E-state index contributed by atoms with van der Waals surface area (Å²) in [6.45, 7) is 16.1. The summed E-state index contributed by atoms with van der Waals surface area (Å²) in [4.78, 5) is 0. The molecule has 1 N–H and O–H groups in total. The molecular formula is C25H31B2ClN2O5. The molecule has 0 aliphatic carbocycles. The zero-order chi connectivity index (χ0) is 25.6. The number of aromatic hydroxyl groups is 1. The van der Waals surface area contributed by atoms with E-state index in [9.17, 15) is 5.11 Å². The summed E-state index contributed by atoms with van der Waals surface area (Å²) in [6.07, 6.45) is 0. The minimum absolute atomic E-state index is 0.0260. The Balaban J connectivity index is 1.46. The van der Waals surface area contributed by atoms with Gasteiger partial charge in [-0.05, 0) is 90.6 Å². The highest BCUT2D eigenvalue weighted by molar-refractivity contribution is 6.62. The van der Waals surface area contributed by atoms with Crippen LogP contribution in [0.4, 0.5) is 0 Å². The molecule has 184 valence electrons. The van der Waals surface area contributed by atoms with Crippen LogP contribution in [0, 0.1) is 0 Å². The van der Waals surface area contributed by atoms with Crippen molar-refractivity contribution in [3.05, 3.63) is 41.6 Å². The van der Waals surface area contributed by atoms with E-state index >= 15 is 0 Å². The molecule has 2 fully saturated rings. The summed E-state index contributed by atoms with van der Waals surface area (Å²) in [5.41, 5.74) is 0.927. The molecular weight excluding hydrogens is 465 g/mol. The van der Waals surface area contributed by atoms with Crippen molar-refractivity contribution in [3.63, 3.8) is 0 Å². The Bertz CT molecular complexity index is 1290. The summed E-state index contributed by atoms with van der Waals surface area (Å²) in [6, 6.07) is 11.0. The lowest BCUT2D eigenvalue weighted by molar-refractivity contribution is 0.00578. The Kier molecular flexibility index (Phi) is 5.45. The molecule has 2 aliphatic rings. The predicted octanol–water partition coefficient (Wildman–Crippen LogP) is 3.98. The smallest absolute Gasteiger partial charge is 0.494 e. The summed E-state index contributed by atoms with van der Waals surface area (Å²) in [5, 5.41) is 16.6. The number of aromatic nitrogens is 2. The first-order valence-electron chi connectivity index (χ1n) is 11.8. The van der Waals surface area contributed by atoms with Gasteiger partial charge in [-0.15, -0.1) is 0 Å². The van der Waals surface area contributed by atoms with E-state index in [-0.39, 0.29) is 5.75 Å². The van der Waals surface area contributed by atoms with E-state index in [1.165, 1.54) is 4.68 Å². The fourth-order valence-electron chi connectivity index (χ4n) is 4.20. The lowest BCUT2D eigenvalue weighted by atomic mass is 9.79. The van der Waals surface area contributed by atoms with Crippen molar-refractivity contribution in [3.8, 4) is 11.4 Å². The van der Waals surface area contributed by atoms with Gasteiger partial charge in [-0.1, -0.05) is 23.7 Å². The second-order valence-electron chi connectivity index (χ2n) is 11.4. The van der Waals surface area contributed by atoms with Gasteiger partial charge in [0.25, 0.3) is 0 Å². The quantitative estimate of drug-likeness (QED) is 0.553. The predicted molar refractivity (Wildman–Crippen MR) is 139 cm³/mol. The fourth-order valence-corrected chi connectivity index (χ4v) is 4.48. The molecule has 7 nitrogen and oxygen atoms in total. The molecule has 3 aromatic rings. The number of phenolic OH excluding ortho intramolecular Hbond substituents is 1. The van der Waals surface area contributed by atoms with Crippen LogP contribution in [0.5, 0.6) is 5.75 Å². The van der Waals surface area contributed by atoms with Crippen molar-refractivity contribution in [2.75, 3.05) is 0 Å². The fraction of sp³-hybridized carbons (Fsp3) is 0.480. The van der Waals surface area contributed by atoms with E-state index in [0.29, 0.717) is 16.4 Å². The van der Waals surface area contributed by atoms with E-state index < -0.39 is 36.6 Å². The van der Waals surface area contributed by atoms with Crippen LogP contribution in [-0.4, -0.2) is 51.5 Å². The minimum atomic E-state index is -0.574. The maximum Gasteiger partial charge on any atom is 0.494 e. The molecule has 0 bridgehead atoms. The van der Waals surface area contributed by atoms with Gasteiger partial charge in [-0.25, -0.2) is 4.68 Å². The van der Waals surface area contributed by atoms with E-state index in [2.05, 4.69) is 5.10 Å². The third-order valence-corrected chi connectivity index (χ3v) is 8.28. The van der Waals surface area contributed by atoms with Crippen LogP contribution in [0.3, 0.4) is 0 Å². The number of halogens is 1. The molecule has 5 rings (SSSR count). The van der Waals surface area contributed by atoms with Gasteiger partial charge in [-0.2, -0.15) is 5.10 Å². The number of benzene rings is 2. The van der Waals surface area contributed by atoms with Gasteiger partial charge >= 0.3 is 14.2 Å². The van der Waals surface area contributed by atoms with Gasteiger partial charge in [0.1, 0.15) is 16.6 Å². The highest BCUT2D eigenvalue weighted by Crippen LogP contribution is 2.38. The molecule has 10 heteroatoms. The van der Waals surface area contributed by atoms with Crippen molar-refractivity contribution in [1.29, 1.82) is 0 Å². The molecule has 2 aliphatic heterocycles. The first-order chi connectivity index (χ1) is 16.1. The Hall–Kier alpha value is -2.03. The Morgan fingerprint density at radius 1 is 0.743 bits per heavy atom. The number of fused-ring (bicyclic) bond motifs is 1. The highest BCUT2D eigenvalue weighted by Gasteiger charge is 2.52. The zero-order valence-electron chi connectivity index (χ0n) is 21.5. The lowest BCUT2D eigenvalue weighted by Crippen LogP contribution is -2.41. The van der Waals surface area contributed by atoms with Gasteiger partial charge in [0.05, 0.1) is 27.9 Å². The number of rotatable bonds is 3. The second-order valence-corrected chi connectivity index (χ2v) is 11.8. The van der Waals surface area contributed by atoms with Crippen molar-refractivity contribution in [2.24, 2.45) is 0 Å². The molecule has 2 saturated heterocycles. The molecule has 0 radical (unpaired) electrons. The molecule has 1 aromatic heterocycles. The van der Waals surface area contributed by atoms with Crippen molar-refractivity contribution in [2.45, 2.75) is 77.8 Å². The van der Waals surface area contributed by atoms with E-state index in [1.54, 1.807) is 12.1 Å². The molecule has 0 atom stereocenters. The van der Waals surface area contributed by atoms with Crippen molar-refractivity contribution >= 4 is 47.7 Å². The van der Waals surface area contributed by atoms with Gasteiger partial charge in [0.15, 0.2) is 0 Å². The molecule has 0 spiro atoms. The van der Waals surface area contributed by atoms with Gasteiger partial charge in [0, 0.05) is 5.39 Å². The summed E-state index contributed by atoms with van der Waals surface area (Å²) in [7, 11) is -1.08. The monoisotopic (exact) mass is 496 g/mol. The Morgan fingerprint density at radius 3 is 1.69 bits per heavy atom. The molecule has 3 heterocycles. The Morgan fingerprint density at radius 2 is 1.20 bits per heavy atom. The number of nitrogens with zero attached hydrogens (tertiary/aromatic N) is 2. The van der Waals surface area contributed by atoms with Gasteiger partial charge < -0.3 is 23.7 Å². The molecule has 0 unspecified atom stereocenters. The van der Waals surface area contributed by atoms with E-state index in [4.69, 9.17) is 30.2 Å². The summed E-state index contributed by atoms with van der Waals surface area (Å²) < 4.78 is 26.1. The molecule has 2 aromatic carbocycles. The standard InChI is InChI=1S/C25H31B2ClN2O5/c1-22(2)23(3,4)33-26(32-22)15-9-11-18-17(13-15)21(28)30(29-18)19-12-10-16(14-20(19)31)27-34-24(5,6)25(7,8)35-27/h9-14,31H,1-8H3. The summed E-state index contributed by atoms with van der Waals surface area (Å²) in [5.74, 6) is 0.0260. The number of hydrogen-bond donors (Lipinski definition) is 1. The van der Waals surface area contributed by atoms with Crippen LogP contribution in [-0.2, 0) is 18.6 Å². The van der Waals surface area contributed by atoms with Crippen LogP contribution in [0.1, 0.15) is 55.4 Å². The molecule has 35 heavy (non-hydrogen) atoms. The second kappa shape index (κ2) is 7.73. The Labute approximate surface area is 211 Å². The zero-order valence-corrected chi connectivity index (χ0v) is 22.2. The van der Waals surface area contributed by atoms with Gasteiger partial charge in [0.2, 0.25) is 0 Å². The first-order valence-corrected chi connectivity index (χ1v) is 12.2. The largest absolute Gasteiger partial charge is 0.506 e.